The van der Waals surface area contributed by atoms with Gasteiger partial charge in [0.15, 0.2) is 5.82 Å². The number of carbonyl (C=O) groups excluding carboxylic acids is 1. The van der Waals surface area contributed by atoms with E-state index in [-0.39, 0.29) is 5.91 Å². The summed E-state index contributed by atoms with van der Waals surface area (Å²) in [6.45, 7) is 3.80. The Balaban J connectivity index is 2.58. The quantitative estimate of drug-likeness (QED) is 0.765. The van der Waals surface area contributed by atoms with Gasteiger partial charge >= 0.3 is 0 Å². The molecule has 1 amide bonds. The van der Waals surface area contributed by atoms with Crippen molar-refractivity contribution in [2.45, 2.75) is 26.7 Å². The van der Waals surface area contributed by atoms with E-state index in [1.54, 1.807) is 12.4 Å². The Morgan fingerprint density at radius 3 is 2.92 bits per heavy atom. The monoisotopic (exact) mass is 179 g/mol. The largest absolute Gasteiger partial charge is 0.309 e. The third kappa shape index (κ3) is 3.19. The van der Waals surface area contributed by atoms with E-state index in [2.05, 4.69) is 15.3 Å². The van der Waals surface area contributed by atoms with Crippen molar-refractivity contribution in [2.24, 2.45) is 0 Å². The normalized spacial score (nSPS) is 9.69. The van der Waals surface area contributed by atoms with Crippen LogP contribution in [0.15, 0.2) is 12.4 Å². The first-order chi connectivity index (χ1) is 6.22. The van der Waals surface area contributed by atoms with Gasteiger partial charge in [0.25, 0.3) is 0 Å². The minimum absolute atomic E-state index is 0.0117. The van der Waals surface area contributed by atoms with Crippen LogP contribution in [0.2, 0.25) is 0 Å². The van der Waals surface area contributed by atoms with Gasteiger partial charge in [-0.1, -0.05) is 6.92 Å². The molecule has 1 heterocycles. The van der Waals surface area contributed by atoms with Crippen LogP contribution < -0.4 is 5.32 Å². The molecule has 0 aliphatic rings. The summed E-state index contributed by atoms with van der Waals surface area (Å²) in [5.41, 5.74) is 0.800. The lowest BCUT2D eigenvalue weighted by Crippen LogP contribution is -2.12. The van der Waals surface area contributed by atoms with Crippen molar-refractivity contribution in [3.05, 3.63) is 18.1 Å². The molecule has 0 aromatic carbocycles. The number of anilines is 1. The van der Waals surface area contributed by atoms with Gasteiger partial charge < -0.3 is 5.32 Å². The van der Waals surface area contributed by atoms with Gasteiger partial charge in [-0.15, -0.1) is 0 Å². The van der Waals surface area contributed by atoms with E-state index >= 15 is 0 Å². The van der Waals surface area contributed by atoms with Crippen molar-refractivity contribution in [1.82, 2.24) is 9.97 Å². The maximum atomic E-state index is 11.1. The zero-order valence-corrected chi connectivity index (χ0v) is 7.87. The first kappa shape index (κ1) is 9.64. The first-order valence-electron chi connectivity index (χ1n) is 4.31. The molecule has 1 aromatic heterocycles. The lowest BCUT2D eigenvalue weighted by Gasteiger charge is -2.02. The Morgan fingerprint density at radius 2 is 2.31 bits per heavy atom. The van der Waals surface area contributed by atoms with Crippen LogP contribution in [-0.2, 0) is 4.79 Å². The molecular formula is C9H13N3O. The van der Waals surface area contributed by atoms with Crippen LogP contribution in [0.3, 0.4) is 0 Å². The third-order valence-electron chi connectivity index (χ3n) is 1.50. The minimum atomic E-state index is -0.0117. The van der Waals surface area contributed by atoms with Crippen molar-refractivity contribution in [3.63, 3.8) is 0 Å². The maximum absolute atomic E-state index is 11.1. The zero-order valence-electron chi connectivity index (χ0n) is 7.87. The van der Waals surface area contributed by atoms with Crippen molar-refractivity contribution in [1.29, 1.82) is 0 Å². The van der Waals surface area contributed by atoms with Crippen LogP contribution >= 0.6 is 0 Å². The van der Waals surface area contributed by atoms with E-state index in [0.29, 0.717) is 12.2 Å². The van der Waals surface area contributed by atoms with Crippen LogP contribution in [0.4, 0.5) is 5.82 Å². The van der Waals surface area contributed by atoms with Gasteiger partial charge in [0.2, 0.25) is 5.91 Å². The van der Waals surface area contributed by atoms with E-state index in [1.165, 1.54) is 0 Å². The van der Waals surface area contributed by atoms with Crippen molar-refractivity contribution < 1.29 is 4.79 Å². The Hall–Kier alpha value is -1.45. The second kappa shape index (κ2) is 4.54. The van der Waals surface area contributed by atoms with Crippen LogP contribution in [0.5, 0.6) is 0 Å². The topological polar surface area (TPSA) is 54.9 Å². The molecule has 0 fully saturated rings. The number of amides is 1. The Kier molecular flexibility index (Phi) is 3.37. The SMILES string of the molecule is CCCC(=O)Nc1cncc(C)n1. The summed E-state index contributed by atoms with van der Waals surface area (Å²) in [5.74, 6) is 0.515. The number of carbonyl (C=O) groups is 1. The molecule has 0 radical (unpaired) electrons. The highest BCUT2D eigenvalue weighted by Crippen LogP contribution is 2.02. The first-order valence-corrected chi connectivity index (χ1v) is 4.31. The summed E-state index contributed by atoms with van der Waals surface area (Å²) in [5, 5.41) is 2.67. The molecule has 1 aromatic rings. The van der Waals surface area contributed by atoms with Gasteiger partial charge in [0.1, 0.15) is 0 Å². The van der Waals surface area contributed by atoms with Crippen LogP contribution in [-0.4, -0.2) is 15.9 Å². The summed E-state index contributed by atoms with van der Waals surface area (Å²) >= 11 is 0. The van der Waals surface area contributed by atoms with E-state index in [9.17, 15) is 4.79 Å². The number of rotatable bonds is 3. The fraction of sp³-hybridized carbons (Fsp3) is 0.444. The number of hydrogen-bond donors (Lipinski definition) is 1. The predicted molar refractivity (Wildman–Crippen MR) is 50.3 cm³/mol. The van der Waals surface area contributed by atoms with Crippen LogP contribution in [0.1, 0.15) is 25.5 Å². The summed E-state index contributed by atoms with van der Waals surface area (Å²) < 4.78 is 0. The van der Waals surface area contributed by atoms with Crippen molar-refractivity contribution in [3.8, 4) is 0 Å². The molecule has 0 unspecified atom stereocenters. The molecular weight excluding hydrogens is 166 g/mol. The van der Waals surface area contributed by atoms with Gasteiger partial charge in [0, 0.05) is 12.6 Å². The standard InChI is InChI=1S/C9H13N3O/c1-3-4-9(13)12-8-6-10-5-7(2)11-8/h5-6H,3-4H2,1-2H3,(H,11,12,13). The molecule has 1 N–H and O–H groups in total. The van der Waals surface area contributed by atoms with Gasteiger partial charge in [-0.05, 0) is 13.3 Å². The molecule has 0 atom stereocenters. The zero-order chi connectivity index (χ0) is 9.68. The molecule has 0 spiro atoms. The average molecular weight is 179 g/mol. The minimum Gasteiger partial charge on any atom is -0.309 e. The lowest BCUT2D eigenvalue weighted by molar-refractivity contribution is -0.116. The number of hydrogen-bond acceptors (Lipinski definition) is 3. The Morgan fingerprint density at radius 1 is 1.54 bits per heavy atom. The highest BCUT2D eigenvalue weighted by molar-refractivity contribution is 5.89. The lowest BCUT2D eigenvalue weighted by atomic mass is 10.3. The molecule has 70 valence electrons. The smallest absolute Gasteiger partial charge is 0.225 e. The summed E-state index contributed by atoms with van der Waals surface area (Å²) in [7, 11) is 0. The molecule has 1 rings (SSSR count). The summed E-state index contributed by atoms with van der Waals surface area (Å²) in [4.78, 5) is 19.2. The van der Waals surface area contributed by atoms with Crippen molar-refractivity contribution in [2.75, 3.05) is 5.32 Å². The van der Waals surface area contributed by atoms with Gasteiger partial charge in [0.05, 0.1) is 11.9 Å². The second-order valence-corrected chi connectivity index (χ2v) is 2.84. The summed E-state index contributed by atoms with van der Waals surface area (Å²) in [6.07, 6.45) is 4.55. The van der Waals surface area contributed by atoms with Crippen LogP contribution in [0.25, 0.3) is 0 Å². The van der Waals surface area contributed by atoms with Crippen molar-refractivity contribution >= 4 is 11.7 Å². The molecule has 13 heavy (non-hydrogen) atoms. The fourth-order valence-corrected chi connectivity index (χ4v) is 0.956. The Bertz CT molecular complexity index is 299. The van der Waals surface area contributed by atoms with E-state index in [0.717, 1.165) is 12.1 Å². The van der Waals surface area contributed by atoms with E-state index in [4.69, 9.17) is 0 Å². The molecule has 0 bridgehead atoms. The second-order valence-electron chi connectivity index (χ2n) is 2.84. The fourth-order valence-electron chi connectivity index (χ4n) is 0.956. The number of nitrogens with zero attached hydrogens (tertiary/aromatic N) is 2. The van der Waals surface area contributed by atoms with E-state index < -0.39 is 0 Å². The molecule has 0 aliphatic heterocycles. The number of aryl methyl sites for hydroxylation is 1. The molecule has 0 saturated carbocycles. The number of aromatic nitrogens is 2. The maximum Gasteiger partial charge on any atom is 0.225 e. The third-order valence-corrected chi connectivity index (χ3v) is 1.50. The molecule has 0 saturated heterocycles. The highest BCUT2D eigenvalue weighted by atomic mass is 16.1. The summed E-state index contributed by atoms with van der Waals surface area (Å²) in [6, 6.07) is 0. The molecule has 4 nitrogen and oxygen atoms in total. The van der Waals surface area contributed by atoms with Gasteiger partial charge in [-0.25, -0.2) is 4.98 Å². The van der Waals surface area contributed by atoms with Gasteiger partial charge in [-0.3, -0.25) is 9.78 Å². The highest BCUT2D eigenvalue weighted by Gasteiger charge is 2.01. The van der Waals surface area contributed by atoms with Gasteiger partial charge in [-0.2, -0.15) is 0 Å². The molecule has 4 heteroatoms. The molecule has 0 aliphatic carbocycles. The number of nitrogens with one attached hydrogen (secondary N) is 1. The van der Waals surface area contributed by atoms with Crippen LogP contribution in [0, 0.1) is 6.92 Å². The van der Waals surface area contributed by atoms with E-state index in [1.807, 2.05) is 13.8 Å². The predicted octanol–water partition coefficient (Wildman–Crippen LogP) is 1.52. The average Bonchev–Trinajstić information content (AvgIpc) is 2.04. The Labute approximate surface area is 77.4 Å².